The second-order valence-corrected chi connectivity index (χ2v) is 7.59. The molecule has 1 heterocycles. The van der Waals surface area contributed by atoms with Gasteiger partial charge in [-0.25, -0.2) is 13.1 Å². The third-order valence-corrected chi connectivity index (χ3v) is 5.92. The van der Waals surface area contributed by atoms with Crippen molar-refractivity contribution in [3.63, 3.8) is 0 Å². The van der Waals surface area contributed by atoms with Crippen molar-refractivity contribution >= 4 is 26.0 Å². The van der Waals surface area contributed by atoms with Crippen LogP contribution in [0.2, 0.25) is 0 Å². The van der Waals surface area contributed by atoms with Gasteiger partial charge in [0.2, 0.25) is 10.0 Å². The minimum atomic E-state index is -3.52. The molecule has 7 heteroatoms. The topological polar surface area (TPSA) is 67.4 Å². The molecule has 2 rings (SSSR count). The fraction of sp³-hybridized carbons (Fsp3) is 0.571. The maximum absolute atomic E-state index is 12.5. The Morgan fingerprint density at radius 1 is 1.33 bits per heavy atom. The maximum Gasteiger partial charge on any atom is 0.241 e. The molecule has 118 valence electrons. The highest BCUT2D eigenvalue weighted by Gasteiger charge is 2.24. The van der Waals surface area contributed by atoms with Crippen LogP contribution in [0.15, 0.2) is 27.6 Å². The highest BCUT2D eigenvalue weighted by molar-refractivity contribution is 9.10. The normalized spacial score (nSPS) is 17.0. The molecule has 0 bridgehead atoms. The molecule has 0 saturated carbocycles. The molecule has 1 fully saturated rings. The van der Waals surface area contributed by atoms with E-state index in [0.29, 0.717) is 42.0 Å². The minimum absolute atomic E-state index is 0.0481. The van der Waals surface area contributed by atoms with Gasteiger partial charge in [-0.05, 0) is 53.0 Å². The number of benzene rings is 1. The van der Waals surface area contributed by atoms with E-state index in [4.69, 9.17) is 4.74 Å². The van der Waals surface area contributed by atoms with E-state index in [0.717, 1.165) is 12.1 Å². The Kier molecular flexibility index (Phi) is 6.19. The van der Waals surface area contributed by atoms with Crippen LogP contribution >= 0.6 is 15.9 Å². The maximum atomic E-state index is 12.5. The van der Waals surface area contributed by atoms with Crippen molar-refractivity contribution in [2.45, 2.75) is 37.2 Å². The molecule has 1 aromatic carbocycles. The summed E-state index contributed by atoms with van der Waals surface area (Å²) < 4.78 is 33.7. The lowest BCUT2D eigenvalue weighted by molar-refractivity contribution is 0.0832. The molecule has 0 aliphatic carbocycles. The van der Waals surface area contributed by atoms with E-state index in [1.54, 1.807) is 12.1 Å². The molecule has 0 amide bonds. The van der Waals surface area contributed by atoms with Crippen molar-refractivity contribution < 1.29 is 13.2 Å². The second kappa shape index (κ2) is 7.69. The molecule has 1 saturated heterocycles. The van der Waals surface area contributed by atoms with E-state index in [-0.39, 0.29) is 6.04 Å². The van der Waals surface area contributed by atoms with Crippen LogP contribution in [0.3, 0.4) is 0 Å². The molecule has 1 aromatic rings. The standard InChI is InChI=1S/C14H21BrN2O3S/c1-2-16-10-11-3-4-13(15)14(9-11)21(18,19)17-12-5-7-20-8-6-12/h3-4,9,12,16-17H,2,5-8,10H2,1H3. The highest BCUT2D eigenvalue weighted by atomic mass is 79.9. The summed E-state index contributed by atoms with van der Waals surface area (Å²) in [5.74, 6) is 0. The fourth-order valence-electron chi connectivity index (χ4n) is 2.23. The van der Waals surface area contributed by atoms with Gasteiger partial charge in [-0.1, -0.05) is 13.0 Å². The Hall–Kier alpha value is -0.470. The summed E-state index contributed by atoms with van der Waals surface area (Å²) in [7, 11) is -3.52. The van der Waals surface area contributed by atoms with Gasteiger partial charge in [-0.3, -0.25) is 0 Å². The molecule has 1 aliphatic rings. The molecule has 0 spiro atoms. The molecule has 2 N–H and O–H groups in total. The van der Waals surface area contributed by atoms with Crippen LogP contribution in [0, 0.1) is 0 Å². The predicted molar refractivity (Wildman–Crippen MR) is 85.7 cm³/mol. The van der Waals surface area contributed by atoms with E-state index >= 15 is 0 Å². The molecule has 0 atom stereocenters. The summed E-state index contributed by atoms with van der Waals surface area (Å²) in [6, 6.07) is 5.37. The molecule has 0 aromatic heterocycles. The van der Waals surface area contributed by atoms with Gasteiger partial charge < -0.3 is 10.1 Å². The van der Waals surface area contributed by atoms with E-state index in [1.165, 1.54) is 0 Å². The lowest BCUT2D eigenvalue weighted by Crippen LogP contribution is -2.39. The number of hydrogen-bond donors (Lipinski definition) is 2. The van der Waals surface area contributed by atoms with Gasteiger partial charge >= 0.3 is 0 Å². The number of ether oxygens (including phenoxy) is 1. The SMILES string of the molecule is CCNCc1ccc(Br)c(S(=O)(=O)NC2CCOCC2)c1. The van der Waals surface area contributed by atoms with Gasteiger partial charge in [0.15, 0.2) is 0 Å². The third kappa shape index (κ3) is 4.75. The first-order valence-corrected chi connectivity index (χ1v) is 9.40. The van der Waals surface area contributed by atoms with Crippen LogP contribution in [0.4, 0.5) is 0 Å². The highest BCUT2D eigenvalue weighted by Crippen LogP contribution is 2.24. The average molecular weight is 377 g/mol. The van der Waals surface area contributed by atoms with Crippen molar-refractivity contribution in [3.05, 3.63) is 28.2 Å². The molecular weight excluding hydrogens is 356 g/mol. The van der Waals surface area contributed by atoms with Gasteiger partial charge in [0.25, 0.3) is 0 Å². The molecule has 5 nitrogen and oxygen atoms in total. The molecule has 0 unspecified atom stereocenters. The number of hydrogen-bond acceptors (Lipinski definition) is 4. The molecule has 21 heavy (non-hydrogen) atoms. The first kappa shape index (κ1) is 16.9. The number of halogens is 1. The van der Waals surface area contributed by atoms with Crippen molar-refractivity contribution in [2.75, 3.05) is 19.8 Å². The summed E-state index contributed by atoms with van der Waals surface area (Å²) in [6.07, 6.45) is 1.43. The lowest BCUT2D eigenvalue weighted by Gasteiger charge is -2.23. The van der Waals surface area contributed by atoms with Gasteiger partial charge in [0, 0.05) is 30.3 Å². The van der Waals surface area contributed by atoms with Gasteiger partial charge in [-0.2, -0.15) is 0 Å². The van der Waals surface area contributed by atoms with Crippen LogP contribution in [0.5, 0.6) is 0 Å². The zero-order chi connectivity index (χ0) is 15.3. The number of nitrogens with one attached hydrogen (secondary N) is 2. The third-order valence-electron chi connectivity index (χ3n) is 3.41. The van der Waals surface area contributed by atoms with E-state index in [9.17, 15) is 8.42 Å². The zero-order valence-electron chi connectivity index (χ0n) is 12.1. The van der Waals surface area contributed by atoms with Crippen LogP contribution < -0.4 is 10.0 Å². The molecule has 0 radical (unpaired) electrons. The van der Waals surface area contributed by atoms with Crippen molar-refractivity contribution in [1.29, 1.82) is 0 Å². The van der Waals surface area contributed by atoms with Gasteiger partial charge in [-0.15, -0.1) is 0 Å². The van der Waals surface area contributed by atoms with Crippen molar-refractivity contribution in [3.8, 4) is 0 Å². The Bertz CT molecular complexity index is 572. The van der Waals surface area contributed by atoms with E-state index in [2.05, 4.69) is 26.0 Å². The van der Waals surface area contributed by atoms with Crippen molar-refractivity contribution in [1.82, 2.24) is 10.0 Å². The van der Waals surface area contributed by atoms with Crippen LogP contribution in [0.1, 0.15) is 25.3 Å². The van der Waals surface area contributed by atoms with Gasteiger partial charge in [0.05, 0.1) is 4.90 Å². The van der Waals surface area contributed by atoms with Crippen LogP contribution in [-0.4, -0.2) is 34.2 Å². The summed E-state index contributed by atoms with van der Waals surface area (Å²) in [5.41, 5.74) is 0.951. The lowest BCUT2D eigenvalue weighted by atomic mass is 10.1. The second-order valence-electron chi connectivity index (χ2n) is 5.05. The van der Waals surface area contributed by atoms with E-state index in [1.807, 2.05) is 13.0 Å². The summed E-state index contributed by atoms with van der Waals surface area (Å²) in [5, 5.41) is 3.20. The Morgan fingerprint density at radius 3 is 2.71 bits per heavy atom. The molecular formula is C14H21BrN2O3S. The van der Waals surface area contributed by atoms with Crippen molar-refractivity contribution in [2.24, 2.45) is 0 Å². The Labute approximate surface area is 134 Å². The van der Waals surface area contributed by atoms with Crippen LogP contribution in [-0.2, 0) is 21.3 Å². The van der Waals surface area contributed by atoms with Crippen LogP contribution in [0.25, 0.3) is 0 Å². The molecule has 1 aliphatic heterocycles. The Morgan fingerprint density at radius 2 is 2.05 bits per heavy atom. The van der Waals surface area contributed by atoms with Gasteiger partial charge in [0.1, 0.15) is 0 Å². The summed E-state index contributed by atoms with van der Waals surface area (Å²) in [6.45, 7) is 4.73. The zero-order valence-corrected chi connectivity index (χ0v) is 14.5. The number of rotatable bonds is 6. The predicted octanol–water partition coefficient (Wildman–Crippen LogP) is 2.02. The smallest absolute Gasteiger partial charge is 0.241 e. The quantitative estimate of drug-likeness (QED) is 0.796. The largest absolute Gasteiger partial charge is 0.381 e. The van der Waals surface area contributed by atoms with E-state index < -0.39 is 10.0 Å². The first-order valence-electron chi connectivity index (χ1n) is 7.12. The summed E-state index contributed by atoms with van der Waals surface area (Å²) in [4.78, 5) is 0.296. The minimum Gasteiger partial charge on any atom is -0.381 e. The monoisotopic (exact) mass is 376 g/mol. The Balaban J connectivity index is 2.17. The average Bonchev–Trinajstić information content (AvgIpc) is 2.47. The first-order chi connectivity index (χ1) is 10.0. The fourth-order valence-corrected chi connectivity index (χ4v) is 4.55. The number of sulfonamides is 1. The summed E-state index contributed by atoms with van der Waals surface area (Å²) >= 11 is 3.33.